The SMILES string of the molecule is Cn1ccc2c(=O)[nH]c(S(N)(=O)=O)cc21. The molecule has 0 bridgehead atoms. The quantitative estimate of drug-likeness (QED) is 0.688. The Morgan fingerprint density at radius 2 is 2.13 bits per heavy atom. The first kappa shape index (κ1) is 9.94. The van der Waals surface area contributed by atoms with Gasteiger partial charge in [0.05, 0.1) is 10.9 Å². The number of H-pyrrole nitrogens is 1. The third kappa shape index (κ3) is 1.55. The number of nitrogens with zero attached hydrogens (tertiary/aromatic N) is 1. The maximum Gasteiger partial charge on any atom is 0.258 e. The van der Waals surface area contributed by atoms with Crippen molar-refractivity contribution in [3.05, 3.63) is 28.7 Å². The van der Waals surface area contributed by atoms with Gasteiger partial charge in [-0.2, -0.15) is 0 Å². The summed E-state index contributed by atoms with van der Waals surface area (Å²) in [6, 6.07) is 2.95. The first-order valence-electron chi connectivity index (χ1n) is 4.11. The Morgan fingerprint density at radius 1 is 1.47 bits per heavy atom. The van der Waals surface area contributed by atoms with Crippen LogP contribution in [0.3, 0.4) is 0 Å². The third-order valence-electron chi connectivity index (χ3n) is 2.18. The molecule has 2 aromatic rings. The van der Waals surface area contributed by atoms with Gasteiger partial charge in [0.2, 0.25) is 0 Å². The van der Waals surface area contributed by atoms with E-state index in [0.29, 0.717) is 10.9 Å². The summed E-state index contributed by atoms with van der Waals surface area (Å²) < 4.78 is 23.8. The van der Waals surface area contributed by atoms with Crippen LogP contribution < -0.4 is 10.7 Å². The second-order valence-corrected chi connectivity index (χ2v) is 4.76. The molecule has 3 N–H and O–H groups in total. The minimum absolute atomic E-state index is 0.276. The Balaban J connectivity index is 2.95. The summed E-state index contributed by atoms with van der Waals surface area (Å²) in [5.41, 5.74) is 0.0694. The summed E-state index contributed by atoms with van der Waals surface area (Å²) in [6.07, 6.45) is 1.67. The Labute approximate surface area is 85.4 Å². The number of nitrogens with two attached hydrogens (primary N) is 1. The number of sulfonamides is 1. The molecule has 0 fully saturated rings. The molecule has 6 nitrogen and oxygen atoms in total. The van der Waals surface area contributed by atoms with Crippen molar-refractivity contribution in [1.29, 1.82) is 0 Å². The number of aromatic amines is 1. The Morgan fingerprint density at radius 3 is 2.73 bits per heavy atom. The fourth-order valence-corrected chi connectivity index (χ4v) is 1.92. The van der Waals surface area contributed by atoms with Gasteiger partial charge in [0.1, 0.15) is 0 Å². The van der Waals surface area contributed by atoms with Crippen LogP contribution in [0.4, 0.5) is 0 Å². The molecule has 0 amide bonds. The zero-order chi connectivity index (χ0) is 11.2. The third-order valence-corrected chi connectivity index (χ3v) is 3.01. The molecule has 0 aliphatic heterocycles. The van der Waals surface area contributed by atoms with E-state index in [1.165, 1.54) is 6.07 Å². The van der Waals surface area contributed by atoms with Crippen molar-refractivity contribution < 1.29 is 8.42 Å². The van der Waals surface area contributed by atoms with Crippen molar-refractivity contribution in [3.8, 4) is 0 Å². The maximum atomic E-state index is 11.5. The van der Waals surface area contributed by atoms with E-state index < -0.39 is 15.6 Å². The molecule has 0 aliphatic rings. The van der Waals surface area contributed by atoms with Crippen molar-refractivity contribution in [3.63, 3.8) is 0 Å². The number of pyridine rings is 1. The van der Waals surface area contributed by atoms with E-state index in [2.05, 4.69) is 4.98 Å². The molecule has 0 spiro atoms. The van der Waals surface area contributed by atoms with Crippen LogP contribution in [0.5, 0.6) is 0 Å². The van der Waals surface area contributed by atoms with Crippen molar-refractivity contribution in [1.82, 2.24) is 9.55 Å². The van der Waals surface area contributed by atoms with Crippen LogP contribution in [0.2, 0.25) is 0 Å². The minimum atomic E-state index is -3.88. The van der Waals surface area contributed by atoms with Gasteiger partial charge >= 0.3 is 0 Å². The second-order valence-electron chi connectivity index (χ2n) is 3.23. The highest BCUT2D eigenvalue weighted by molar-refractivity contribution is 7.89. The van der Waals surface area contributed by atoms with E-state index in [-0.39, 0.29) is 5.03 Å². The zero-order valence-corrected chi connectivity index (χ0v) is 8.71. The van der Waals surface area contributed by atoms with E-state index in [4.69, 9.17) is 5.14 Å². The number of aromatic nitrogens is 2. The molecule has 2 heterocycles. The van der Waals surface area contributed by atoms with Crippen LogP contribution in [0.1, 0.15) is 0 Å². The van der Waals surface area contributed by atoms with Gasteiger partial charge in [0.25, 0.3) is 15.6 Å². The first-order valence-corrected chi connectivity index (χ1v) is 5.65. The number of hydrogen-bond acceptors (Lipinski definition) is 3. The van der Waals surface area contributed by atoms with Gasteiger partial charge in [-0.1, -0.05) is 0 Å². The lowest BCUT2D eigenvalue weighted by molar-refractivity contribution is 0.594. The summed E-state index contributed by atoms with van der Waals surface area (Å²) in [5, 5.41) is 5.09. The minimum Gasteiger partial charge on any atom is -0.350 e. The van der Waals surface area contributed by atoms with Gasteiger partial charge < -0.3 is 9.55 Å². The molecule has 7 heteroatoms. The van der Waals surface area contributed by atoms with Gasteiger partial charge in [-0.3, -0.25) is 4.79 Å². The lowest BCUT2D eigenvalue weighted by Gasteiger charge is -2.00. The number of fused-ring (bicyclic) bond motifs is 1. The van der Waals surface area contributed by atoms with Crippen molar-refractivity contribution in [2.45, 2.75) is 5.03 Å². The van der Waals surface area contributed by atoms with Crippen LogP contribution in [-0.4, -0.2) is 18.0 Å². The molecule has 0 atom stereocenters. The summed E-state index contributed by atoms with van der Waals surface area (Å²) in [6.45, 7) is 0. The summed E-state index contributed by atoms with van der Waals surface area (Å²) >= 11 is 0. The summed E-state index contributed by atoms with van der Waals surface area (Å²) in [5.74, 6) is 0. The first-order chi connectivity index (χ1) is 6.89. The fourth-order valence-electron chi connectivity index (χ4n) is 1.41. The van der Waals surface area contributed by atoms with Crippen molar-refractivity contribution >= 4 is 20.9 Å². The highest BCUT2D eigenvalue weighted by atomic mass is 32.2. The van der Waals surface area contributed by atoms with Crippen LogP contribution in [0.15, 0.2) is 28.2 Å². The van der Waals surface area contributed by atoms with Gasteiger partial charge in [-0.25, -0.2) is 13.6 Å². The summed E-state index contributed by atoms with van der Waals surface area (Å²) in [7, 11) is -2.16. The molecule has 2 aromatic heterocycles. The predicted molar refractivity (Wildman–Crippen MR) is 54.9 cm³/mol. The van der Waals surface area contributed by atoms with E-state index in [1.54, 1.807) is 23.9 Å². The molecule has 0 saturated carbocycles. The van der Waals surface area contributed by atoms with Crippen molar-refractivity contribution in [2.75, 3.05) is 0 Å². The Bertz CT molecular complexity index is 681. The van der Waals surface area contributed by atoms with Crippen LogP contribution in [0.25, 0.3) is 10.9 Å². The van der Waals surface area contributed by atoms with Gasteiger partial charge in [0, 0.05) is 13.2 Å². The lowest BCUT2D eigenvalue weighted by atomic mass is 10.3. The molecule has 0 radical (unpaired) electrons. The van der Waals surface area contributed by atoms with E-state index in [9.17, 15) is 13.2 Å². The topological polar surface area (TPSA) is 97.9 Å². The van der Waals surface area contributed by atoms with E-state index in [1.807, 2.05) is 0 Å². The molecule has 0 aromatic carbocycles. The smallest absolute Gasteiger partial charge is 0.258 e. The highest BCUT2D eigenvalue weighted by Crippen LogP contribution is 2.12. The number of hydrogen-bond donors (Lipinski definition) is 2. The average molecular weight is 227 g/mol. The van der Waals surface area contributed by atoms with Crippen LogP contribution in [-0.2, 0) is 17.1 Å². The molecular weight excluding hydrogens is 218 g/mol. The van der Waals surface area contributed by atoms with Crippen LogP contribution >= 0.6 is 0 Å². The predicted octanol–water partition coefficient (Wildman–Crippen LogP) is -0.486. The summed E-state index contributed by atoms with van der Waals surface area (Å²) in [4.78, 5) is 13.7. The molecular formula is C8H9N3O3S. The largest absolute Gasteiger partial charge is 0.350 e. The number of aryl methyl sites for hydroxylation is 1. The van der Waals surface area contributed by atoms with Gasteiger partial charge in [0.15, 0.2) is 5.03 Å². The Kier molecular flexibility index (Phi) is 1.95. The van der Waals surface area contributed by atoms with Crippen molar-refractivity contribution in [2.24, 2.45) is 12.2 Å². The maximum absolute atomic E-state index is 11.5. The molecule has 2 rings (SSSR count). The van der Waals surface area contributed by atoms with Gasteiger partial charge in [-0.05, 0) is 12.1 Å². The monoisotopic (exact) mass is 227 g/mol. The highest BCUT2D eigenvalue weighted by Gasteiger charge is 2.12. The molecule has 0 unspecified atom stereocenters. The zero-order valence-electron chi connectivity index (χ0n) is 7.89. The van der Waals surface area contributed by atoms with Gasteiger partial charge in [-0.15, -0.1) is 0 Å². The molecule has 80 valence electrons. The number of rotatable bonds is 1. The lowest BCUT2D eigenvalue weighted by Crippen LogP contribution is -2.19. The molecule has 0 saturated heterocycles. The normalized spacial score (nSPS) is 12.1. The molecule has 0 aliphatic carbocycles. The van der Waals surface area contributed by atoms with E-state index in [0.717, 1.165) is 0 Å². The molecule has 15 heavy (non-hydrogen) atoms. The van der Waals surface area contributed by atoms with Crippen LogP contribution in [0, 0.1) is 0 Å². The average Bonchev–Trinajstić information content (AvgIpc) is 2.47. The number of primary sulfonamides is 1. The standard InChI is InChI=1S/C8H9N3O3S/c1-11-3-2-5-6(11)4-7(10-8(5)12)15(9,13)14/h2-4H,1H3,(H,10,12)(H2,9,13,14). The Hall–Kier alpha value is -1.60. The number of nitrogens with one attached hydrogen (secondary N) is 1. The fraction of sp³-hybridized carbons (Fsp3) is 0.125. The van der Waals surface area contributed by atoms with E-state index >= 15 is 0 Å². The second kappa shape index (κ2) is 2.94.